The number of carbonyl (C=O) groups excluding carboxylic acids is 2. The van der Waals surface area contributed by atoms with Crippen LogP contribution in [0.15, 0.2) is 30.9 Å². The van der Waals surface area contributed by atoms with Gasteiger partial charge >= 0.3 is 5.97 Å². The molecule has 132 valence electrons. The van der Waals surface area contributed by atoms with Gasteiger partial charge in [0.1, 0.15) is 0 Å². The van der Waals surface area contributed by atoms with Crippen molar-refractivity contribution in [2.75, 3.05) is 11.9 Å². The Morgan fingerprint density at radius 2 is 1.75 bits per heavy atom. The van der Waals surface area contributed by atoms with Gasteiger partial charge in [-0.25, -0.2) is 4.79 Å². The van der Waals surface area contributed by atoms with Crippen LogP contribution in [-0.4, -0.2) is 30.7 Å². The molecule has 0 aliphatic rings. The van der Waals surface area contributed by atoms with Crippen LogP contribution in [0.2, 0.25) is 0 Å². The van der Waals surface area contributed by atoms with Crippen molar-refractivity contribution in [2.24, 2.45) is 0 Å². The zero-order chi connectivity index (χ0) is 18.1. The summed E-state index contributed by atoms with van der Waals surface area (Å²) in [6.07, 6.45) is 1.52. The fraction of sp³-hybridized carbons (Fsp3) is 0.474. The number of ether oxygens (including phenoxy) is 2. The van der Waals surface area contributed by atoms with E-state index in [1.807, 2.05) is 32.0 Å². The van der Waals surface area contributed by atoms with Gasteiger partial charge in [0, 0.05) is 5.69 Å². The van der Waals surface area contributed by atoms with E-state index >= 15 is 0 Å². The fourth-order valence-corrected chi connectivity index (χ4v) is 2.23. The van der Waals surface area contributed by atoms with Crippen molar-refractivity contribution in [2.45, 2.75) is 52.7 Å². The lowest BCUT2D eigenvalue weighted by molar-refractivity contribution is -0.163. The number of nitrogens with one attached hydrogen (secondary N) is 1. The second-order valence-electron chi connectivity index (χ2n) is 5.49. The lowest BCUT2D eigenvalue weighted by Gasteiger charge is -2.19. The third kappa shape index (κ3) is 5.49. The summed E-state index contributed by atoms with van der Waals surface area (Å²) >= 11 is 0. The van der Waals surface area contributed by atoms with Crippen LogP contribution in [0.25, 0.3) is 0 Å². The predicted octanol–water partition coefficient (Wildman–Crippen LogP) is 3.27. The molecule has 0 fully saturated rings. The highest BCUT2D eigenvalue weighted by Crippen LogP contribution is 2.23. The van der Waals surface area contributed by atoms with Crippen LogP contribution in [0, 0.1) is 0 Å². The Labute approximate surface area is 144 Å². The molecule has 0 aliphatic heterocycles. The van der Waals surface area contributed by atoms with Gasteiger partial charge in [-0.2, -0.15) is 0 Å². The van der Waals surface area contributed by atoms with Crippen LogP contribution < -0.4 is 5.32 Å². The molecule has 0 saturated heterocycles. The van der Waals surface area contributed by atoms with Gasteiger partial charge in [-0.3, -0.25) is 4.79 Å². The van der Waals surface area contributed by atoms with Gasteiger partial charge in [-0.1, -0.05) is 38.1 Å². The Bertz CT molecular complexity index is 560. The summed E-state index contributed by atoms with van der Waals surface area (Å²) in [5.41, 5.74) is 2.93. The number of benzene rings is 1. The molecule has 24 heavy (non-hydrogen) atoms. The van der Waals surface area contributed by atoms with Crippen molar-refractivity contribution in [3.8, 4) is 0 Å². The smallest absolute Gasteiger partial charge is 0.335 e. The Kier molecular flexibility index (Phi) is 8.19. The summed E-state index contributed by atoms with van der Waals surface area (Å²) < 4.78 is 10.4. The van der Waals surface area contributed by atoms with Gasteiger partial charge < -0.3 is 14.8 Å². The number of aryl methyl sites for hydroxylation is 2. The molecule has 1 aromatic carbocycles. The van der Waals surface area contributed by atoms with E-state index in [-0.39, 0.29) is 12.5 Å². The zero-order valence-electron chi connectivity index (χ0n) is 14.9. The van der Waals surface area contributed by atoms with Crippen LogP contribution in [0.5, 0.6) is 0 Å². The molecule has 2 unspecified atom stereocenters. The summed E-state index contributed by atoms with van der Waals surface area (Å²) in [5, 5.41) is 2.90. The second kappa shape index (κ2) is 9.88. The monoisotopic (exact) mass is 333 g/mol. The van der Waals surface area contributed by atoms with Crippen molar-refractivity contribution in [3.05, 3.63) is 42.0 Å². The SMILES string of the molecule is C=CCOC(C)C(=O)OC(C)C(=O)Nc1c(CC)cccc1CC. The van der Waals surface area contributed by atoms with E-state index in [1.54, 1.807) is 19.9 Å². The minimum Gasteiger partial charge on any atom is -0.451 e. The summed E-state index contributed by atoms with van der Waals surface area (Å²) in [5.74, 6) is -0.922. The molecule has 0 aliphatic carbocycles. The van der Waals surface area contributed by atoms with Crippen molar-refractivity contribution in [3.63, 3.8) is 0 Å². The first-order valence-electron chi connectivity index (χ1n) is 8.29. The van der Waals surface area contributed by atoms with Crippen LogP contribution in [-0.2, 0) is 31.9 Å². The Balaban J connectivity index is 2.74. The molecule has 1 aromatic rings. The van der Waals surface area contributed by atoms with E-state index in [2.05, 4.69) is 11.9 Å². The molecule has 0 radical (unpaired) electrons. The van der Waals surface area contributed by atoms with Crippen LogP contribution >= 0.6 is 0 Å². The number of rotatable bonds is 9. The quantitative estimate of drug-likeness (QED) is 0.556. The van der Waals surface area contributed by atoms with E-state index in [4.69, 9.17) is 9.47 Å². The zero-order valence-corrected chi connectivity index (χ0v) is 14.9. The lowest BCUT2D eigenvalue weighted by atomic mass is 10.0. The fourth-order valence-electron chi connectivity index (χ4n) is 2.23. The van der Waals surface area contributed by atoms with Crippen molar-refractivity contribution in [1.82, 2.24) is 0 Å². The Hall–Kier alpha value is -2.14. The van der Waals surface area contributed by atoms with Gasteiger partial charge in [-0.05, 0) is 37.8 Å². The van der Waals surface area contributed by atoms with E-state index in [9.17, 15) is 9.59 Å². The average molecular weight is 333 g/mol. The van der Waals surface area contributed by atoms with E-state index in [1.165, 1.54) is 0 Å². The molecule has 1 rings (SSSR count). The van der Waals surface area contributed by atoms with Crippen molar-refractivity contribution in [1.29, 1.82) is 0 Å². The van der Waals surface area contributed by atoms with Crippen LogP contribution in [0.3, 0.4) is 0 Å². The largest absolute Gasteiger partial charge is 0.451 e. The third-order valence-electron chi connectivity index (χ3n) is 3.71. The Morgan fingerprint density at radius 1 is 1.17 bits per heavy atom. The summed E-state index contributed by atoms with van der Waals surface area (Å²) in [6.45, 7) is 11.0. The number of carbonyl (C=O) groups is 2. The van der Waals surface area contributed by atoms with Gasteiger partial charge in [0.25, 0.3) is 5.91 Å². The normalized spacial score (nSPS) is 13.0. The molecule has 1 amide bonds. The molecule has 2 atom stereocenters. The molecular weight excluding hydrogens is 306 g/mol. The molecule has 0 heterocycles. The number of hydrogen-bond donors (Lipinski definition) is 1. The molecule has 5 nitrogen and oxygen atoms in total. The third-order valence-corrected chi connectivity index (χ3v) is 3.71. The van der Waals surface area contributed by atoms with E-state index in [0.717, 1.165) is 29.7 Å². The molecule has 1 N–H and O–H groups in total. The molecule has 0 spiro atoms. The van der Waals surface area contributed by atoms with Crippen molar-refractivity contribution >= 4 is 17.6 Å². The first-order valence-corrected chi connectivity index (χ1v) is 8.29. The first kappa shape index (κ1) is 19.9. The summed E-state index contributed by atoms with van der Waals surface area (Å²) in [4.78, 5) is 24.3. The van der Waals surface area contributed by atoms with Crippen LogP contribution in [0.1, 0.15) is 38.8 Å². The maximum Gasteiger partial charge on any atom is 0.335 e. The first-order chi connectivity index (χ1) is 11.4. The highest BCUT2D eigenvalue weighted by atomic mass is 16.6. The standard InChI is InChI=1S/C19H27NO4/c1-6-12-23-14(5)19(22)24-13(4)18(21)20-17-15(7-2)10-9-11-16(17)8-3/h6,9-11,13-14H,1,7-8,12H2,2-5H3,(H,20,21). The maximum atomic E-state index is 12.4. The maximum absolute atomic E-state index is 12.4. The minimum atomic E-state index is -0.901. The summed E-state index contributed by atoms with van der Waals surface area (Å²) in [6, 6.07) is 5.95. The predicted molar refractivity (Wildman–Crippen MR) is 95.0 cm³/mol. The molecule has 0 aromatic heterocycles. The number of amides is 1. The molecule has 0 bridgehead atoms. The number of hydrogen-bond acceptors (Lipinski definition) is 4. The molecular formula is C19H27NO4. The molecule has 0 saturated carbocycles. The number of para-hydroxylation sites is 1. The molecule has 5 heteroatoms. The van der Waals surface area contributed by atoms with Gasteiger partial charge in [0.05, 0.1) is 6.61 Å². The second-order valence-corrected chi connectivity index (χ2v) is 5.49. The van der Waals surface area contributed by atoms with Gasteiger partial charge in [0.15, 0.2) is 12.2 Å². The topological polar surface area (TPSA) is 64.6 Å². The summed E-state index contributed by atoms with van der Waals surface area (Å²) in [7, 11) is 0. The Morgan fingerprint density at radius 3 is 2.25 bits per heavy atom. The van der Waals surface area contributed by atoms with Gasteiger partial charge in [-0.15, -0.1) is 6.58 Å². The van der Waals surface area contributed by atoms with Gasteiger partial charge in [0.2, 0.25) is 0 Å². The van der Waals surface area contributed by atoms with Crippen molar-refractivity contribution < 1.29 is 19.1 Å². The number of esters is 1. The number of anilines is 1. The highest BCUT2D eigenvalue weighted by Gasteiger charge is 2.23. The highest BCUT2D eigenvalue weighted by molar-refractivity contribution is 5.96. The minimum absolute atomic E-state index is 0.251. The van der Waals surface area contributed by atoms with E-state index < -0.39 is 18.2 Å². The lowest BCUT2D eigenvalue weighted by Crippen LogP contribution is -2.34. The average Bonchev–Trinajstić information content (AvgIpc) is 2.59. The van der Waals surface area contributed by atoms with E-state index in [0.29, 0.717) is 0 Å². The van der Waals surface area contributed by atoms with Crippen LogP contribution in [0.4, 0.5) is 5.69 Å².